The smallest absolute Gasteiger partial charge is 0.343 e. The Morgan fingerprint density at radius 3 is 2.29 bits per heavy atom. The van der Waals surface area contributed by atoms with E-state index in [1.54, 1.807) is 24.3 Å². The molecule has 150 valence electrons. The van der Waals surface area contributed by atoms with Gasteiger partial charge in [0.2, 0.25) is 0 Å². The van der Waals surface area contributed by atoms with Crippen LogP contribution in [0.15, 0.2) is 48.5 Å². The van der Waals surface area contributed by atoms with E-state index in [1.807, 2.05) is 0 Å². The van der Waals surface area contributed by atoms with Gasteiger partial charge in [0, 0.05) is 24.5 Å². The van der Waals surface area contributed by atoms with Gasteiger partial charge < -0.3 is 9.30 Å². The predicted octanol–water partition coefficient (Wildman–Crippen LogP) is 5.40. The Morgan fingerprint density at radius 2 is 1.68 bits per heavy atom. The Morgan fingerprint density at radius 1 is 1.04 bits per heavy atom. The Hall–Kier alpha value is -2.46. The lowest BCUT2D eigenvalue weighted by Gasteiger charge is -2.21. The van der Waals surface area contributed by atoms with Gasteiger partial charge >= 0.3 is 5.97 Å². The second-order valence-corrected chi connectivity index (χ2v) is 9.86. The quantitative estimate of drug-likeness (QED) is 0.174. The van der Waals surface area contributed by atoms with Crippen LogP contribution in [-0.2, 0) is 4.57 Å². The summed E-state index contributed by atoms with van der Waals surface area (Å²) in [4.78, 5) is 22.9. The summed E-state index contributed by atoms with van der Waals surface area (Å²) < 4.78 is 19.3. The van der Waals surface area contributed by atoms with Crippen LogP contribution in [0.5, 0.6) is 5.75 Å². The molecule has 0 saturated heterocycles. The number of non-ortho nitro benzene ring substituents is 1. The molecule has 0 radical (unpaired) electrons. The highest BCUT2D eigenvalue weighted by molar-refractivity contribution is 7.71. The molecule has 0 N–H and O–H groups in total. The summed E-state index contributed by atoms with van der Waals surface area (Å²) in [7, 11) is -2.70. The summed E-state index contributed by atoms with van der Waals surface area (Å²) in [6.07, 6.45) is 4.71. The van der Waals surface area contributed by atoms with Crippen LogP contribution in [0.3, 0.4) is 0 Å². The number of esters is 1. The number of para-hydroxylation sites is 1. The SMILES string of the molecule is CCCCP(=O)(CCCC)c1ccccc1OC(=O)c1cccc([N+](=O)[O-])c1. The maximum absolute atomic E-state index is 13.7. The second kappa shape index (κ2) is 10.2. The van der Waals surface area contributed by atoms with Crippen molar-refractivity contribution in [1.82, 2.24) is 0 Å². The summed E-state index contributed by atoms with van der Waals surface area (Å²) in [5, 5.41) is 11.5. The van der Waals surface area contributed by atoms with Crippen molar-refractivity contribution in [2.45, 2.75) is 39.5 Å². The third-order valence-electron chi connectivity index (χ3n) is 4.55. The van der Waals surface area contributed by atoms with E-state index in [9.17, 15) is 19.5 Å². The predicted molar refractivity (Wildman–Crippen MR) is 111 cm³/mol. The van der Waals surface area contributed by atoms with Crippen molar-refractivity contribution in [3.8, 4) is 5.75 Å². The molecule has 0 aromatic heterocycles. The third-order valence-corrected chi connectivity index (χ3v) is 7.87. The first-order chi connectivity index (χ1) is 13.4. The van der Waals surface area contributed by atoms with Gasteiger partial charge in [-0.15, -0.1) is 0 Å². The molecular formula is C21H26NO5P. The fraction of sp³-hybridized carbons (Fsp3) is 0.381. The van der Waals surface area contributed by atoms with Crippen molar-refractivity contribution in [2.24, 2.45) is 0 Å². The number of hydrogen-bond acceptors (Lipinski definition) is 5. The molecule has 0 aliphatic rings. The molecular weight excluding hydrogens is 377 g/mol. The topological polar surface area (TPSA) is 86.5 Å². The maximum atomic E-state index is 13.7. The summed E-state index contributed by atoms with van der Waals surface area (Å²) in [6.45, 7) is 4.11. The largest absolute Gasteiger partial charge is 0.422 e. The van der Waals surface area contributed by atoms with Crippen molar-refractivity contribution in [1.29, 1.82) is 0 Å². The molecule has 0 bridgehead atoms. The number of nitrogens with zero attached hydrogens (tertiary/aromatic N) is 1. The molecule has 0 saturated carbocycles. The minimum atomic E-state index is -2.70. The highest BCUT2D eigenvalue weighted by Gasteiger charge is 2.28. The van der Waals surface area contributed by atoms with Crippen LogP contribution in [0.25, 0.3) is 0 Å². The summed E-state index contributed by atoms with van der Waals surface area (Å²) in [5.74, 6) is -0.428. The summed E-state index contributed by atoms with van der Waals surface area (Å²) >= 11 is 0. The Labute approximate surface area is 165 Å². The van der Waals surface area contributed by atoms with Gasteiger partial charge in [-0.1, -0.05) is 44.9 Å². The van der Waals surface area contributed by atoms with E-state index in [4.69, 9.17) is 4.74 Å². The van der Waals surface area contributed by atoms with Crippen LogP contribution < -0.4 is 10.0 Å². The fourth-order valence-electron chi connectivity index (χ4n) is 2.97. The minimum Gasteiger partial charge on any atom is -0.422 e. The third kappa shape index (κ3) is 5.52. The zero-order valence-electron chi connectivity index (χ0n) is 16.3. The number of hydrogen-bond donors (Lipinski definition) is 0. The lowest BCUT2D eigenvalue weighted by molar-refractivity contribution is -0.384. The van der Waals surface area contributed by atoms with Crippen LogP contribution >= 0.6 is 7.14 Å². The molecule has 0 fully saturated rings. The molecule has 28 heavy (non-hydrogen) atoms. The standard InChI is InChI=1S/C21H26NO5P/c1-3-5-14-28(26,15-6-4-2)20-13-8-7-12-19(20)27-21(23)17-10-9-11-18(16-17)22(24)25/h7-13,16H,3-6,14-15H2,1-2H3. The molecule has 2 aromatic carbocycles. The van der Waals surface area contributed by atoms with Crippen molar-refractivity contribution >= 4 is 24.1 Å². The Kier molecular flexibility index (Phi) is 7.94. The average molecular weight is 403 g/mol. The first kappa shape index (κ1) is 21.8. The fourth-order valence-corrected chi connectivity index (χ4v) is 6.20. The van der Waals surface area contributed by atoms with E-state index in [2.05, 4.69) is 13.8 Å². The van der Waals surface area contributed by atoms with Gasteiger partial charge in [-0.25, -0.2) is 4.79 Å². The molecule has 0 aliphatic carbocycles. The molecule has 0 spiro atoms. The highest BCUT2D eigenvalue weighted by Crippen LogP contribution is 2.48. The number of benzene rings is 2. The molecule has 0 amide bonds. The minimum absolute atomic E-state index is 0.0842. The monoisotopic (exact) mass is 403 g/mol. The van der Waals surface area contributed by atoms with Crippen molar-refractivity contribution in [2.75, 3.05) is 12.3 Å². The van der Waals surface area contributed by atoms with Gasteiger partial charge in [-0.3, -0.25) is 10.1 Å². The number of nitro groups is 1. The maximum Gasteiger partial charge on any atom is 0.343 e. The molecule has 0 atom stereocenters. The van der Waals surface area contributed by atoms with Crippen molar-refractivity contribution in [3.05, 3.63) is 64.2 Å². The number of carbonyl (C=O) groups excluding carboxylic acids is 1. The number of ether oxygens (including phenoxy) is 1. The number of carbonyl (C=O) groups is 1. The van der Waals surface area contributed by atoms with Crippen LogP contribution in [0, 0.1) is 10.1 Å². The molecule has 0 aliphatic heterocycles. The van der Waals surface area contributed by atoms with Crippen LogP contribution in [0.1, 0.15) is 49.9 Å². The van der Waals surface area contributed by atoms with Crippen molar-refractivity contribution in [3.63, 3.8) is 0 Å². The van der Waals surface area contributed by atoms with Gasteiger partial charge in [-0.2, -0.15) is 0 Å². The van der Waals surface area contributed by atoms with E-state index in [1.165, 1.54) is 24.3 Å². The van der Waals surface area contributed by atoms with Crippen LogP contribution in [0.2, 0.25) is 0 Å². The lowest BCUT2D eigenvalue weighted by atomic mass is 10.2. The molecule has 6 nitrogen and oxygen atoms in total. The normalized spacial score (nSPS) is 11.2. The molecule has 7 heteroatoms. The number of nitro benzene ring substituents is 1. The molecule has 2 aromatic rings. The summed E-state index contributed by atoms with van der Waals surface area (Å²) in [6, 6.07) is 12.3. The van der Waals surface area contributed by atoms with E-state index < -0.39 is 18.0 Å². The van der Waals surface area contributed by atoms with Gasteiger partial charge in [-0.05, 0) is 31.0 Å². The zero-order chi connectivity index (χ0) is 20.6. The lowest BCUT2D eigenvalue weighted by Crippen LogP contribution is -2.18. The first-order valence-corrected chi connectivity index (χ1v) is 11.6. The van der Waals surface area contributed by atoms with E-state index in [-0.39, 0.29) is 17.0 Å². The Bertz CT molecular complexity index is 869. The van der Waals surface area contributed by atoms with Crippen LogP contribution in [-0.4, -0.2) is 23.2 Å². The average Bonchev–Trinajstić information content (AvgIpc) is 2.71. The number of rotatable bonds is 10. The van der Waals surface area contributed by atoms with E-state index in [0.29, 0.717) is 17.6 Å². The van der Waals surface area contributed by atoms with Gasteiger partial charge in [0.1, 0.15) is 12.9 Å². The van der Waals surface area contributed by atoms with Crippen molar-refractivity contribution < 1.29 is 19.0 Å². The van der Waals surface area contributed by atoms with Gasteiger partial charge in [0.05, 0.1) is 15.8 Å². The highest BCUT2D eigenvalue weighted by atomic mass is 31.2. The second-order valence-electron chi connectivity index (χ2n) is 6.71. The molecule has 0 unspecified atom stereocenters. The van der Waals surface area contributed by atoms with Crippen LogP contribution in [0.4, 0.5) is 5.69 Å². The zero-order valence-corrected chi connectivity index (χ0v) is 17.2. The molecule has 2 rings (SSSR count). The Balaban J connectivity index is 2.34. The number of unbranched alkanes of at least 4 members (excludes halogenated alkanes) is 2. The summed E-state index contributed by atoms with van der Waals surface area (Å²) in [5.41, 5.74) is -0.0970. The molecule has 0 heterocycles. The van der Waals surface area contributed by atoms with Gasteiger partial charge in [0.15, 0.2) is 0 Å². The van der Waals surface area contributed by atoms with E-state index >= 15 is 0 Å². The first-order valence-electron chi connectivity index (χ1n) is 9.55. The van der Waals surface area contributed by atoms with E-state index in [0.717, 1.165) is 25.7 Å². The van der Waals surface area contributed by atoms with Gasteiger partial charge in [0.25, 0.3) is 5.69 Å².